The van der Waals surface area contributed by atoms with Crippen molar-refractivity contribution in [2.75, 3.05) is 0 Å². The molecule has 1 heterocycles. The third-order valence-corrected chi connectivity index (χ3v) is 6.99. The summed E-state index contributed by atoms with van der Waals surface area (Å²) in [6, 6.07) is 13.5. The van der Waals surface area contributed by atoms with Crippen LogP contribution in [-0.2, 0) is 10.0 Å². The zero-order valence-corrected chi connectivity index (χ0v) is 18.8. The van der Waals surface area contributed by atoms with E-state index < -0.39 is 10.0 Å². The van der Waals surface area contributed by atoms with E-state index in [1.807, 2.05) is 23.6 Å². The largest absolute Gasteiger partial charge is 0.308 e. The van der Waals surface area contributed by atoms with Crippen LogP contribution in [0.15, 0.2) is 58.5 Å². The number of rotatable bonds is 6. The molecule has 4 rings (SSSR count). The van der Waals surface area contributed by atoms with Gasteiger partial charge in [-0.1, -0.05) is 23.7 Å². The predicted octanol–water partition coefficient (Wildman–Crippen LogP) is 5.03. The van der Waals surface area contributed by atoms with Crippen molar-refractivity contribution in [1.82, 2.24) is 4.57 Å². The number of sulfonamides is 1. The molecule has 1 aliphatic rings. The number of benzene rings is 2. The first kappa shape index (κ1) is 21.2. The number of hydrogen-bond acceptors (Lipinski definition) is 4. The Morgan fingerprint density at radius 1 is 1.13 bits per heavy atom. The second kappa shape index (κ2) is 7.89. The minimum Gasteiger partial charge on any atom is -0.308 e. The van der Waals surface area contributed by atoms with Crippen molar-refractivity contribution in [3.05, 3.63) is 64.8 Å². The Labute approximate surface area is 186 Å². The van der Waals surface area contributed by atoms with E-state index in [0.29, 0.717) is 39.1 Å². The quantitative estimate of drug-likeness (QED) is 0.400. The normalized spacial score (nSPS) is 14.1. The van der Waals surface area contributed by atoms with Crippen LogP contribution in [0.1, 0.15) is 35.3 Å². The molecule has 0 amide bonds. The topological polar surface area (TPSA) is 82.2 Å². The van der Waals surface area contributed by atoms with Crippen LogP contribution in [0.4, 0.5) is 0 Å². The third kappa shape index (κ3) is 4.07. The van der Waals surface area contributed by atoms with E-state index >= 15 is 0 Å². The van der Waals surface area contributed by atoms with E-state index in [4.69, 9.17) is 29.4 Å². The number of carbonyl (C=O) groups excluding carboxylic acids is 1. The highest BCUT2D eigenvalue weighted by atomic mass is 35.5. The lowest BCUT2D eigenvalue weighted by Crippen LogP contribution is -2.11. The fourth-order valence-corrected chi connectivity index (χ4v) is 4.84. The van der Waals surface area contributed by atoms with Gasteiger partial charge in [0.25, 0.3) is 0 Å². The van der Waals surface area contributed by atoms with Gasteiger partial charge in [-0.3, -0.25) is 4.79 Å². The van der Waals surface area contributed by atoms with Gasteiger partial charge in [-0.25, -0.2) is 13.6 Å². The fraction of sp³-hybridized carbons (Fsp3) is 0.227. The average Bonchev–Trinajstić information content (AvgIpc) is 3.46. The molecule has 0 unspecified atom stereocenters. The number of Topliss-reactive ketones (excluding diaryl/α,β-unsaturated/α-hetero) is 1. The van der Waals surface area contributed by atoms with Crippen molar-refractivity contribution in [1.29, 1.82) is 0 Å². The zero-order valence-electron chi connectivity index (χ0n) is 16.3. The summed E-state index contributed by atoms with van der Waals surface area (Å²) in [5.41, 5.74) is 3.65. The van der Waals surface area contributed by atoms with Crippen LogP contribution in [0.3, 0.4) is 0 Å². The Hall–Kier alpha value is -2.06. The van der Waals surface area contributed by atoms with E-state index in [9.17, 15) is 13.2 Å². The van der Waals surface area contributed by atoms with Gasteiger partial charge in [0.15, 0.2) is 5.78 Å². The molecule has 0 atom stereocenters. The highest BCUT2D eigenvalue weighted by Gasteiger charge is 2.30. The lowest BCUT2D eigenvalue weighted by molar-refractivity contribution is 0.0976. The van der Waals surface area contributed by atoms with Crippen molar-refractivity contribution in [3.63, 3.8) is 0 Å². The number of hydrogen-bond donors (Lipinski definition) is 2. The summed E-state index contributed by atoms with van der Waals surface area (Å²) in [6.07, 6.45) is 2.66. The van der Waals surface area contributed by atoms with Crippen LogP contribution >= 0.6 is 24.2 Å². The van der Waals surface area contributed by atoms with Gasteiger partial charge in [0.05, 0.1) is 9.92 Å². The Balaban J connectivity index is 1.90. The standard InChI is InChI=1S/C22H21ClN2O3S2/c1-13-20(19(26)12-14-2-3-14)21(15-4-10-18(11-5-15)30(24,27)28)22(29)25(13)17-8-6-16(23)7-9-17/h4-11,14,29H,2-3,12H2,1H3,(H2,24,27,28). The predicted molar refractivity (Wildman–Crippen MR) is 121 cm³/mol. The maximum Gasteiger partial charge on any atom is 0.238 e. The van der Waals surface area contributed by atoms with Crippen LogP contribution in [0.25, 0.3) is 16.8 Å². The highest BCUT2D eigenvalue weighted by Crippen LogP contribution is 2.41. The van der Waals surface area contributed by atoms with Crippen LogP contribution in [0.5, 0.6) is 0 Å². The molecular formula is C22H21ClN2O3S2. The number of nitrogens with zero attached hydrogens (tertiary/aromatic N) is 1. The Bertz CT molecular complexity index is 1230. The first-order chi connectivity index (χ1) is 14.2. The lowest BCUT2D eigenvalue weighted by Gasteiger charge is -2.09. The molecule has 5 nitrogen and oxygen atoms in total. The number of halogens is 1. The van der Waals surface area contributed by atoms with Crippen LogP contribution < -0.4 is 5.14 Å². The van der Waals surface area contributed by atoms with E-state index in [-0.39, 0.29) is 10.7 Å². The molecule has 2 aromatic carbocycles. The van der Waals surface area contributed by atoms with Crippen LogP contribution in [-0.4, -0.2) is 18.8 Å². The van der Waals surface area contributed by atoms with Crippen molar-refractivity contribution < 1.29 is 13.2 Å². The van der Waals surface area contributed by atoms with Crippen molar-refractivity contribution in [2.45, 2.75) is 36.1 Å². The third-order valence-electron chi connectivity index (χ3n) is 5.39. The average molecular weight is 461 g/mol. The molecule has 8 heteroatoms. The van der Waals surface area contributed by atoms with Gasteiger partial charge >= 0.3 is 0 Å². The van der Waals surface area contributed by atoms with Gasteiger partial charge in [0, 0.05) is 34.0 Å². The Morgan fingerprint density at radius 2 is 1.73 bits per heavy atom. The molecule has 3 aromatic rings. The summed E-state index contributed by atoms with van der Waals surface area (Å²) in [5.74, 6) is 0.514. The molecule has 0 aliphatic heterocycles. The fourth-order valence-electron chi connectivity index (χ4n) is 3.69. The molecule has 0 bridgehead atoms. The molecule has 0 spiro atoms. The van der Waals surface area contributed by atoms with Crippen LogP contribution in [0, 0.1) is 12.8 Å². The molecule has 0 radical (unpaired) electrons. The minimum absolute atomic E-state index is 0.0201. The van der Waals surface area contributed by atoms with Crippen molar-refractivity contribution >= 4 is 40.0 Å². The summed E-state index contributed by atoms with van der Waals surface area (Å²) in [4.78, 5) is 13.2. The van der Waals surface area contributed by atoms with Crippen molar-refractivity contribution in [2.24, 2.45) is 11.1 Å². The van der Waals surface area contributed by atoms with Crippen molar-refractivity contribution in [3.8, 4) is 16.8 Å². The number of carbonyl (C=O) groups is 1. The monoisotopic (exact) mass is 460 g/mol. The van der Waals surface area contributed by atoms with E-state index in [0.717, 1.165) is 24.2 Å². The zero-order chi connectivity index (χ0) is 21.6. The van der Waals surface area contributed by atoms with Gasteiger partial charge in [-0.2, -0.15) is 0 Å². The SMILES string of the molecule is Cc1c(C(=O)CC2CC2)c(-c2ccc(S(N)(=O)=O)cc2)c(S)n1-c1ccc(Cl)cc1. The summed E-state index contributed by atoms with van der Waals surface area (Å²) < 4.78 is 25.1. The molecule has 1 fully saturated rings. The summed E-state index contributed by atoms with van der Waals surface area (Å²) in [6.45, 7) is 1.90. The molecular weight excluding hydrogens is 440 g/mol. The number of nitrogens with two attached hydrogens (primary N) is 1. The van der Waals surface area contributed by atoms with Crippen LogP contribution in [0.2, 0.25) is 5.02 Å². The van der Waals surface area contributed by atoms with Gasteiger partial charge in [-0.15, -0.1) is 12.6 Å². The minimum atomic E-state index is -3.80. The number of thiol groups is 1. The Kier molecular flexibility index (Phi) is 5.57. The molecule has 1 saturated carbocycles. The second-order valence-corrected chi connectivity index (χ2v) is 10.0. The Morgan fingerprint density at radius 3 is 2.27 bits per heavy atom. The molecule has 156 valence electrons. The molecule has 1 aliphatic carbocycles. The maximum atomic E-state index is 13.2. The van der Waals surface area contributed by atoms with E-state index in [1.165, 1.54) is 12.1 Å². The smallest absolute Gasteiger partial charge is 0.238 e. The highest BCUT2D eigenvalue weighted by molar-refractivity contribution is 7.89. The van der Waals surface area contributed by atoms with Gasteiger partial charge in [0.1, 0.15) is 0 Å². The van der Waals surface area contributed by atoms with Gasteiger partial charge < -0.3 is 4.57 Å². The second-order valence-electron chi connectivity index (χ2n) is 7.61. The molecule has 30 heavy (non-hydrogen) atoms. The first-order valence-corrected chi connectivity index (χ1v) is 11.9. The maximum absolute atomic E-state index is 13.2. The molecule has 2 N–H and O–H groups in total. The summed E-state index contributed by atoms with van der Waals surface area (Å²) in [5, 5.41) is 6.45. The van der Waals surface area contributed by atoms with Gasteiger partial charge in [-0.05, 0) is 67.6 Å². The number of ketones is 1. The molecule has 0 saturated heterocycles. The number of aromatic nitrogens is 1. The van der Waals surface area contributed by atoms with E-state index in [2.05, 4.69) is 0 Å². The van der Waals surface area contributed by atoms with E-state index in [1.54, 1.807) is 24.3 Å². The summed E-state index contributed by atoms with van der Waals surface area (Å²) in [7, 11) is -3.80. The lowest BCUT2D eigenvalue weighted by atomic mass is 9.97. The molecule has 1 aromatic heterocycles. The van der Waals surface area contributed by atoms with Gasteiger partial charge in [0.2, 0.25) is 10.0 Å². The first-order valence-electron chi connectivity index (χ1n) is 9.53. The number of primary sulfonamides is 1. The summed E-state index contributed by atoms with van der Waals surface area (Å²) >= 11 is 10.8.